The number of hydrogen-bond acceptors (Lipinski definition) is 11. The smallest absolute Gasteiger partial charge is 0.343 e. The van der Waals surface area contributed by atoms with Gasteiger partial charge in [-0.2, -0.15) is 19.2 Å². The van der Waals surface area contributed by atoms with Gasteiger partial charge in [0.25, 0.3) is 0 Å². The molecule has 0 aliphatic rings. The molecule has 4 heterocycles. The van der Waals surface area contributed by atoms with Crippen LogP contribution in [0, 0.1) is 13.8 Å². The average molecular weight is 829 g/mol. The molecule has 0 saturated carbocycles. The molecule has 14 nitrogen and oxygen atoms in total. The second kappa shape index (κ2) is 19.7. The molecule has 1 amide bonds. The highest BCUT2D eigenvalue weighted by Gasteiger charge is 2.20. The Kier molecular flexibility index (Phi) is 16.1. The largest absolute Gasteiger partial charge is 0.465 e. The summed E-state index contributed by atoms with van der Waals surface area (Å²) in [6.45, 7) is 3.63. The number of aryl methyl sites for hydroxylation is 2. The third kappa shape index (κ3) is 11.3. The molecule has 268 valence electrons. The number of hydrogen-bond donors (Lipinski definition) is 2. The van der Waals surface area contributed by atoms with Crippen molar-refractivity contribution in [2.75, 3.05) is 25.3 Å². The summed E-state index contributed by atoms with van der Waals surface area (Å²) in [6, 6.07) is 22.3. The molecular weight excluding hydrogens is 791 g/mol. The summed E-state index contributed by atoms with van der Waals surface area (Å²) >= 11 is 5.17. The minimum atomic E-state index is -0.590. The average Bonchev–Trinajstić information content (AvgIpc) is 3.67. The van der Waals surface area contributed by atoms with E-state index in [0.29, 0.717) is 17.7 Å². The van der Waals surface area contributed by atoms with Crippen molar-refractivity contribution >= 4 is 81.6 Å². The molecule has 0 bridgehead atoms. The first-order valence-electron chi connectivity index (χ1n) is 14.7. The summed E-state index contributed by atoms with van der Waals surface area (Å²) < 4.78 is 12.2. The molecule has 6 rings (SSSR count). The molecule has 0 radical (unpaired) electrons. The molecule has 51 heavy (non-hydrogen) atoms. The van der Waals surface area contributed by atoms with E-state index in [1.54, 1.807) is 12.1 Å². The molecule has 0 aliphatic heterocycles. The van der Waals surface area contributed by atoms with Gasteiger partial charge in [-0.3, -0.25) is 9.59 Å². The van der Waals surface area contributed by atoms with Crippen molar-refractivity contribution in [3.8, 4) is 0 Å². The van der Waals surface area contributed by atoms with E-state index in [4.69, 9.17) is 22.1 Å². The lowest BCUT2D eigenvalue weighted by molar-refractivity contribution is -0.115. The number of esters is 2. The second-order valence-corrected chi connectivity index (χ2v) is 10.8. The van der Waals surface area contributed by atoms with Crippen LogP contribution in [0.4, 0.5) is 11.6 Å². The summed E-state index contributed by atoms with van der Waals surface area (Å²) in [4.78, 5) is 54.2. The van der Waals surface area contributed by atoms with E-state index in [-0.39, 0.29) is 71.7 Å². The maximum Gasteiger partial charge on any atom is 0.343 e. The van der Waals surface area contributed by atoms with Crippen LogP contribution in [0.15, 0.2) is 85.2 Å². The molecular formula is C35H38ClIN8O6. The first kappa shape index (κ1) is 41.7. The van der Waals surface area contributed by atoms with Crippen LogP contribution in [-0.2, 0) is 31.9 Å². The SMILES string of the molecule is C.COC(=O)c1cnc2cc(C)nn2c1N.COC(=O)c1cnc2cc(C)nn2c1NC(=O)Cc1ccccc1.I.O=C(Cl)Cc1ccccc1. The summed E-state index contributed by atoms with van der Waals surface area (Å²) in [5.74, 6) is -0.879. The topological polar surface area (TPSA) is 185 Å². The van der Waals surface area contributed by atoms with E-state index >= 15 is 0 Å². The summed E-state index contributed by atoms with van der Waals surface area (Å²) in [5, 5.41) is 10.8. The lowest BCUT2D eigenvalue weighted by atomic mass is 10.1. The zero-order chi connectivity index (χ0) is 35.5. The number of halogens is 2. The Labute approximate surface area is 316 Å². The number of nitrogens with zero attached hydrogens (tertiary/aromatic N) is 6. The predicted octanol–water partition coefficient (Wildman–Crippen LogP) is 5.66. The van der Waals surface area contributed by atoms with Gasteiger partial charge in [0.15, 0.2) is 17.1 Å². The van der Waals surface area contributed by atoms with Gasteiger partial charge in [-0.25, -0.2) is 19.6 Å². The minimum Gasteiger partial charge on any atom is -0.465 e. The van der Waals surface area contributed by atoms with Crippen molar-refractivity contribution in [3.05, 3.63) is 119 Å². The van der Waals surface area contributed by atoms with E-state index in [9.17, 15) is 19.2 Å². The van der Waals surface area contributed by atoms with Gasteiger partial charge >= 0.3 is 11.9 Å². The van der Waals surface area contributed by atoms with Crippen molar-refractivity contribution in [1.29, 1.82) is 0 Å². The highest BCUT2D eigenvalue weighted by atomic mass is 127. The number of nitrogens with one attached hydrogen (secondary N) is 1. The Balaban J connectivity index is 0.000000286. The first-order chi connectivity index (χ1) is 23.5. The third-order valence-electron chi connectivity index (χ3n) is 6.71. The highest BCUT2D eigenvalue weighted by Crippen LogP contribution is 2.19. The van der Waals surface area contributed by atoms with E-state index in [2.05, 4.69) is 30.2 Å². The number of anilines is 2. The van der Waals surface area contributed by atoms with Crippen LogP contribution >= 0.6 is 35.6 Å². The number of amides is 1. The zero-order valence-electron chi connectivity index (χ0n) is 27.5. The van der Waals surface area contributed by atoms with Crippen molar-refractivity contribution in [3.63, 3.8) is 0 Å². The maximum atomic E-state index is 12.4. The number of ether oxygens (including phenoxy) is 2. The molecule has 16 heteroatoms. The van der Waals surface area contributed by atoms with E-state index in [1.807, 2.05) is 74.5 Å². The lowest BCUT2D eigenvalue weighted by Crippen LogP contribution is -2.20. The van der Waals surface area contributed by atoms with Crippen LogP contribution in [-0.4, -0.2) is 66.5 Å². The molecule has 0 saturated heterocycles. The standard InChI is InChI=1S/C17H16N4O3.C9H10N4O2.C8H7ClO.CH4.HI/c1-11-8-14-18-10-13(17(23)24-2)16(21(14)20-11)19-15(22)9-12-6-4-3-5-7-12;1-5-3-7-11-4-6(9(14)15-2)8(10)13(7)12-5;9-8(10)6-7-4-2-1-3-5-7;;/h3-8,10H,9H2,1-2H3,(H,19,22);3-4H,10H2,1-2H3;1-5H,6H2;1H4;1H. The second-order valence-electron chi connectivity index (χ2n) is 10.4. The Bertz CT molecular complexity index is 2110. The zero-order valence-corrected chi connectivity index (χ0v) is 30.6. The fourth-order valence-corrected chi connectivity index (χ4v) is 4.63. The number of methoxy groups -OCH3 is 2. The number of rotatable bonds is 7. The van der Waals surface area contributed by atoms with Crippen LogP contribution in [0.5, 0.6) is 0 Å². The third-order valence-corrected chi connectivity index (χ3v) is 6.84. The van der Waals surface area contributed by atoms with Crippen molar-refractivity contribution in [1.82, 2.24) is 29.2 Å². The first-order valence-corrected chi connectivity index (χ1v) is 15.1. The normalized spacial score (nSPS) is 9.90. The summed E-state index contributed by atoms with van der Waals surface area (Å²) in [6.07, 6.45) is 3.27. The number of benzene rings is 2. The molecule has 0 atom stereocenters. The lowest BCUT2D eigenvalue weighted by Gasteiger charge is -2.11. The fraction of sp³-hybridized carbons (Fsp3) is 0.200. The van der Waals surface area contributed by atoms with Crippen LogP contribution in [0.1, 0.15) is 50.7 Å². The molecule has 2 aromatic carbocycles. The highest BCUT2D eigenvalue weighted by molar-refractivity contribution is 14.0. The number of aromatic nitrogens is 6. The Hall–Kier alpha value is -5.42. The molecule has 0 spiro atoms. The number of nitrogens with two attached hydrogens (primary N) is 1. The summed E-state index contributed by atoms with van der Waals surface area (Å²) in [7, 11) is 2.57. The molecule has 4 aromatic heterocycles. The van der Waals surface area contributed by atoms with E-state index in [0.717, 1.165) is 22.5 Å². The van der Waals surface area contributed by atoms with Crippen molar-refractivity contribution in [2.24, 2.45) is 0 Å². The van der Waals surface area contributed by atoms with Gasteiger partial charge in [-0.15, -0.1) is 24.0 Å². The van der Waals surface area contributed by atoms with Gasteiger partial charge in [-0.1, -0.05) is 68.1 Å². The number of nitrogen functional groups attached to an aromatic ring is 1. The number of carbonyl (C=O) groups is 4. The summed E-state index contributed by atoms with van der Waals surface area (Å²) in [5.41, 5.74) is 10.6. The Morgan fingerprint density at radius 1 is 0.745 bits per heavy atom. The van der Waals surface area contributed by atoms with Gasteiger partial charge in [0, 0.05) is 30.9 Å². The monoisotopic (exact) mass is 828 g/mol. The molecule has 0 aliphatic carbocycles. The van der Waals surface area contributed by atoms with Crippen molar-refractivity contribution < 1.29 is 28.7 Å². The van der Waals surface area contributed by atoms with Crippen LogP contribution in [0.2, 0.25) is 0 Å². The Morgan fingerprint density at radius 2 is 1.20 bits per heavy atom. The minimum absolute atomic E-state index is 0. The number of carbonyl (C=O) groups excluding carboxylic acids is 4. The van der Waals surface area contributed by atoms with Crippen LogP contribution in [0.25, 0.3) is 11.3 Å². The van der Waals surface area contributed by atoms with Crippen LogP contribution in [0.3, 0.4) is 0 Å². The maximum absolute atomic E-state index is 12.4. The van der Waals surface area contributed by atoms with Gasteiger partial charge in [0.05, 0.1) is 32.0 Å². The fourth-order valence-electron chi connectivity index (χ4n) is 4.47. The quantitative estimate of drug-likeness (QED) is 0.115. The van der Waals surface area contributed by atoms with Crippen molar-refractivity contribution in [2.45, 2.75) is 34.1 Å². The van der Waals surface area contributed by atoms with Crippen LogP contribution < -0.4 is 11.1 Å². The Morgan fingerprint density at radius 3 is 1.71 bits per heavy atom. The molecule has 0 fully saturated rings. The van der Waals surface area contributed by atoms with E-state index < -0.39 is 11.9 Å². The van der Waals surface area contributed by atoms with Gasteiger partial charge < -0.3 is 20.5 Å². The van der Waals surface area contributed by atoms with Gasteiger partial charge in [0.2, 0.25) is 11.1 Å². The number of fused-ring (bicyclic) bond motifs is 2. The molecule has 3 N–H and O–H groups in total. The van der Waals surface area contributed by atoms with Gasteiger partial charge in [0.1, 0.15) is 16.9 Å². The van der Waals surface area contributed by atoms with E-state index in [1.165, 1.54) is 35.6 Å². The molecule has 6 aromatic rings. The predicted molar refractivity (Wildman–Crippen MR) is 204 cm³/mol. The molecule has 0 unspecified atom stereocenters. The van der Waals surface area contributed by atoms with Gasteiger partial charge in [-0.05, 0) is 36.6 Å².